The van der Waals surface area contributed by atoms with E-state index in [0.29, 0.717) is 0 Å². The highest BCUT2D eigenvalue weighted by atomic mass is 16.7. The molecule has 0 aliphatic rings. The number of hydrogen-bond acceptors (Lipinski definition) is 9. The zero-order valence-electron chi connectivity index (χ0n) is 15.9. The smallest absolute Gasteiger partial charge is 0.480 e. The van der Waals surface area contributed by atoms with Crippen molar-refractivity contribution in [1.82, 2.24) is 0 Å². The summed E-state index contributed by atoms with van der Waals surface area (Å²) in [4.78, 5) is 47.4. The van der Waals surface area contributed by atoms with Crippen LogP contribution in [0.2, 0.25) is 0 Å². The molecule has 0 bridgehead atoms. The molecule has 1 heterocycles. The highest BCUT2D eigenvalue weighted by molar-refractivity contribution is 5.87. The summed E-state index contributed by atoms with van der Waals surface area (Å²) in [6, 6.07) is 2.74. The highest BCUT2D eigenvalue weighted by Gasteiger charge is 2.37. The highest BCUT2D eigenvalue weighted by Crippen LogP contribution is 2.28. The number of ketones is 1. The van der Waals surface area contributed by atoms with E-state index in [-0.39, 0.29) is 28.0 Å². The normalized spacial score (nSPS) is 14.1. The molecule has 0 saturated carbocycles. The first-order chi connectivity index (χ1) is 13.6. The molecule has 0 spiro atoms. The summed E-state index contributed by atoms with van der Waals surface area (Å²) in [5.41, 5.74) is 3.89. The Morgan fingerprint density at radius 1 is 1.34 bits per heavy atom. The van der Waals surface area contributed by atoms with Crippen LogP contribution < -0.4 is 20.8 Å². The average molecular weight is 408 g/mol. The Hall–Kier alpha value is -3.47. The largest absolute Gasteiger partial charge is 0.513 e. The van der Waals surface area contributed by atoms with Crippen LogP contribution in [0.1, 0.15) is 31.9 Å². The van der Waals surface area contributed by atoms with Crippen molar-refractivity contribution in [2.45, 2.75) is 32.2 Å². The van der Waals surface area contributed by atoms with Gasteiger partial charge >= 0.3 is 17.8 Å². The topological polar surface area (TPSA) is 173 Å². The van der Waals surface area contributed by atoms with E-state index in [0.717, 1.165) is 7.11 Å². The van der Waals surface area contributed by atoms with E-state index in [1.807, 2.05) is 0 Å². The molecule has 2 unspecified atom stereocenters. The van der Waals surface area contributed by atoms with Crippen molar-refractivity contribution in [1.29, 1.82) is 0 Å². The molecule has 0 saturated heterocycles. The number of aromatic nitrogens is 1. The molecule has 11 heteroatoms. The summed E-state index contributed by atoms with van der Waals surface area (Å²) in [6.07, 6.45) is -1.23. The third kappa shape index (κ3) is 4.51. The van der Waals surface area contributed by atoms with Gasteiger partial charge in [-0.15, -0.1) is 0 Å². The predicted octanol–water partition coefficient (Wildman–Crippen LogP) is 0.682. The number of benzene rings is 1. The number of para-hydroxylation sites is 1. The first-order valence-corrected chi connectivity index (χ1v) is 8.52. The lowest BCUT2D eigenvalue weighted by Crippen LogP contribution is -2.44. The van der Waals surface area contributed by atoms with Gasteiger partial charge in [0.15, 0.2) is 5.75 Å². The lowest BCUT2D eigenvalue weighted by Gasteiger charge is -2.20. The van der Waals surface area contributed by atoms with E-state index in [1.54, 1.807) is 0 Å². The molecule has 3 atom stereocenters. The number of carbonyl (C=O) groups excluding carboxylic acids is 2. The minimum Gasteiger partial charge on any atom is -0.480 e. The molecular weight excluding hydrogens is 388 g/mol. The van der Waals surface area contributed by atoms with E-state index >= 15 is 0 Å². The number of methoxy groups -OCH3 is 1. The van der Waals surface area contributed by atoms with Gasteiger partial charge in [-0.25, -0.2) is 4.79 Å². The number of rotatable bonds is 7. The molecule has 0 amide bonds. The van der Waals surface area contributed by atoms with Gasteiger partial charge in [-0.2, -0.15) is 0 Å². The van der Waals surface area contributed by atoms with Gasteiger partial charge in [-0.3, -0.25) is 19.6 Å². The van der Waals surface area contributed by atoms with E-state index in [4.69, 9.17) is 20.1 Å². The predicted molar refractivity (Wildman–Crippen MR) is 97.3 cm³/mol. The number of hydrogen-bond donors (Lipinski definition) is 2. The number of aliphatic carboxylic acids is 1. The molecule has 0 fully saturated rings. The molecule has 156 valence electrons. The molecule has 2 aromatic rings. The molecule has 0 aliphatic heterocycles. The fourth-order valence-electron chi connectivity index (χ4n) is 3.11. The first kappa shape index (κ1) is 21.8. The van der Waals surface area contributed by atoms with Crippen molar-refractivity contribution >= 4 is 28.9 Å². The van der Waals surface area contributed by atoms with Gasteiger partial charge in [-0.1, -0.05) is 13.0 Å². The molecule has 0 aliphatic carbocycles. The van der Waals surface area contributed by atoms with Crippen LogP contribution >= 0.6 is 0 Å². The van der Waals surface area contributed by atoms with E-state index in [2.05, 4.69) is 4.74 Å². The van der Waals surface area contributed by atoms with Gasteiger partial charge < -0.3 is 24.8 Å². The summed E-state index contributed by atoms with van der Waals surface area (Å²) >= 11 is 0. The molecule has 1 aromatic heterocycles. The Kier molecular flexibility index (Phi) is 6.54. The monoisotopic (exact) mass is 408 g/mol. The van der Waals surface area contributed by atoms with Crippen LogP contribution in [0.25, 0.3) is 11.0 Å². The molecule has 29 heavy (non-hydrogen) atoms. The van der Waals surface area contributed by atoms with Crippen molar-refractivity contribution in [3.8, 4) is 5.75 Å². The Morgan fingerprint density at radius 2 is 2.00 bits per heavy atom. The Morgan fingerprint density at radius 3 is 2.55 bits per heavy atom. The van der Waals surface area contributed by atoms with Crippen molar-refractivity contribution in [3.05, 3.63) is 39.3 Å². The number of fused-ring (bicyclic) bond motifs is 1. The van der Waals surface area contributed by atoms with E-state index in [9.17, 15) is 24.4 Å². The van der Waals surface area contributed by atoms with Gasteiger partial charge in [0.2, 0.25) is 0 Å². The summed E-state index contributed by atoms with van der Waals surface area (Å²) in [5, 5.41) is 21.4. The fourth-order valence-corrected chi connectivity index (χ4v) is 3.11. The molecule has 0 radical (unpaired) electrons. The second-order valence-corrected chi connectivity index (χ2v) is 6.50. The number of nitrogens with two attached hydrogens (primary N) is 1. The van der Waals surface area contributed by atoms with Crippen LogP contribution in [-0.2, 0) is 14.3 Å². The standard InChI is InChI=1S/C18H20N2O9/c1-8(7-11(19)17(23)24)13(9(2)21)14-15(22)10-5-4-6-12(28-18(25)27-3)16(10)29-20(14)26/h4-6,8,11,13H,7,19H2,1-3H3,(H,23,24)/t8?,11-,13?/m0/s1. The third-order valence-electron chi connectivity index (χ3n) is 4.43. The maximum absolute atomic E-state index is 13.0. The second-order valence-electron chi connectivity index (χ2n) is 6.50. The van der Waals surface area contributed by atoms with Crippen LogP contribution in [0.4, 0.5) is 4.79 Å². The lowest BCUT2D eigenvalue weighted by molar-refractivity contribution is -0.800. The lowest BCUT2D eigenvalue weighted by atomic mass is 9.83. The number of Topliss-reactive ketones (excluding diaryl/α,β-unsaturated/α-hetero) is 1. The average Bonchev–Trinajstić information content (AvgIpc) is 2.64. The minimum absolute atomic E-state index is 0.102. The molecular formula is C18H20N2O9. The van der Waals surface area contributed by atoms with Gasteiger partial charge in [-0.05, 0) is 31.4 Å². The molecule has 2 rings (SSSR count). The summed E-state index contributed by atoms with van der Waals surface area (Å²) < 4.78 is 14.4. The van der Waals surface area contributed by atoms with Crippen molar-refractivity contribution in [2.24, 2.45) is 11.7 Å². The number of carbonyl (C=O) groups is 3. The van der Waals surface area contributed by atoms with Crippen LogP contribution in [0.15, 0.2) is 27.5 Å². The number of carboxylic acid groups (broad SMARTS) is 1. The minimum atomic E-state index is -1.28. The zero-order chi connectivity index (χ0) is 21.9. The maximum Gasteiger partial charge on any atom is 0.513 e. The Bertz CT molecular complexity index is 1010. The number of carboxylic acids is 1. The van der Waals surface area contributed by atoms with Crippen LogP contribution in [-0.4, -0.2) is 36.2 Å². The van der Waals surface area contributed by atoms with E-state index < -0.39 is 46.9 Å². The first-order valence-electron chi connectivity index (χ1n) is 8.52. The van der Waals surface area contributed by atoms with Crippen molar-refractivity contribution in [2.75, 3.05) is 7.11 Å². The van der Waals surface area contributed by atoms with E-state index in [1.165, 1.54) is 32.0 Å². The zero-order valence-corrected chi connectivity index (χ0v) is 15.9. The quantitative estimate of drug-likeness (QED) is 0.377. The van der Waals surface area contributed by atoms with Crippen LogP contribution in [0, 0.1) is 11.1 Å². The summed E-state index contributed by atoms with van der Waals surface area (Å²) in [5.74, 6) is -4.02. The maximum atomic E-state index is 13.0. The summed E-state index contributed by atoms with van der Waals surface area (Å²) in [7, 11) is 1.08. The van der Waals surface area contributed by atoms with Crippen molar-refractivity contribution < 1.29 is 38.4 Å². The number of nitrogens with zero attached hydrogens (tertiary/aromatic N) is 1. The van der Waals surface area contributed by atoms with Gasteiger partial charge in [0.25, 0.3) is 5.43 Å². The van der Waals surface area contributed by atoms with Crippen LogP contribution in [0.3, 0.4) is 0 Å². The van der Waals surface area contributed by atoms with Crippen molar-refractivity contribution in [3.63, 3.8) is 0 Å². The third-order valence-corrected chi connectivity index (χ3v) is 4.43. The van der Waals surface area contributed by atoms with Gasteiger partial charge in [0, 0.05) is 0 Å². The second kappa shape index (κ2) is 8.69. The number of ether oxygens (including phenoxy) is 2. The Labute approximate surface area is 164 Å². The molecule has 1 aromatic carbocycles. The van der Waals surface area contributed by atoms with Gasteiger partial charge in [0.05, 0.1) is 17.4 Å². The SMILES string of the molecule is COC(=O)Oc1cccc2c(=O)c(C(C(C)=O)C(C)C[C@H](N)C(=O)O)[n+]([O-])oc12. The Balaban J connectivity index is 2.62. The van der Waals surface area contributed by atoms with Gasteiger partial charge in [0.1, 0.15) is 23.3 Å². The molecule has 11 nitrogen and oxygen atoms in total. The molecule has 3 N–H and O–H groups in total. The fraction of sp³-hybridized carbons (Fsp3) is 0.389. The summed E-state index contributed by atoms with van der Waals surface area (Å²) in [6.45, 7) is 2.68. The van der Waals surface area contributed by atoms with Crippen LogP contribution in [0.5, 0.6) is 5.75 Å².